The molecule has 1 N–H and O–H groups in total. The summed E-state index contributed by atoms with van der Waals surface area (Å²) in [6.07, 6.45) is -5.26. The molecule has 1 atom stereocenters. The second-order valence-corrected chi connectivity index (χ2v) is 6.22. The lowest BCUT2D eigenvalue weighted by atomic mass is 9.51. The van der Waals surface area contributed by atoms with E-state index in [1.807, 2.05) is 12.1 Å². The second kappa shape index (κ2) is 4.37. The van der Waals surface area contributed by atoms with Crippen LogP contribution < -0.4 is 0 Å². The zero-order valence-corrected chi connectivity index (χ0v) is 12.0. The molecule has 2 bridgehead atoms. The van der Waals surface area contributed by atoms with Crippen molar-refractivity contribution in [1.29, 1.82) is 0 Å². The van der Waals surface area contributed by atoms with Gasteiger partial charge in [-0.3, -0.25) is 4.79 Å². The fourth-order valence-electron chi connectivity index (χ4n) is 4.32. The predicted octanol–water partition coefficient (Wildman–Crippen LogP) is 4.30. The van der Waals surface area contributed by atoms with E-state index in [1.165, 1.54) is 0 Å². The van der Waals surface area contributed by atoms with Gasteiger partial charge >= 0.3 is 12.1 Å². The van der Waals surface area contributed by atoms with Crippen molar-refractivity contribution in [2.75, 3.05) is 0 Å². The molecular weight excluding hydrogens is 305 g/mol. The minimum atomic E-state index is -4.82. The molecule has 2 aromatic carbocycles. The molecule has 1 unspecified atom stereocenters. The number of hydrogen-bond donors (Lipinski definition) is 1. The van der Waals surface area contributed by atoms with Gasteiger partial charge in [-0.2, -0.15) is 13.2 Å². The summed E-state index contributed by atoms with van der Waals surface area (Å²) >= 11 is 0. The van der Waals surface area contributed by atoms with Gasteiger partial charge in [-0.25, -0.2) is 0 Å². The van der Waals surface area contributed by atoms with Crippen LogP contribution in [0.15, 0.2) is 48.5 Å². The number of rotatable bonds is 1. The molecule has 0 saturated carbocycles. The molecule has 0 heterocycles. The average molecular weight is 318 g/mol. The van der Waals surface area contributed by atoms with Crippen LogP contribution in [0.25, 0.3) is 0 Å². The van der Waals surface area contributed by atoms with E-state index in [4.69, 9.17) is 0 Å². The monoisotopic (exact) mass is 318 g/mol. The highest BCUT2D eigenvalue weighted by Crippen LogP contribution is 2.66. The molecular formula is C18H13F3O2. The van der Waals surface area contributed by atoms with Crippen LogP contribution in [0, 0.1) is 5.41 Å². The number of carbonyl (C=O) groups is 1. The molecule has 23 heavy (non-hydrogen) atoms. The number of benzene rings is 2. The number of carboxylic acids is 1. The Hall–Kier alpha value is -2.30. The Morgan fingerprint density at radius 3 is 1.78 bits per heavy atom. The lowest BCUT2D eigenvalue weighted by molar-refractivity contribution is -0.241. The van der Waals surface area contributed by atoms with Gasteiger partial charge in [0.1, 0.15) is 0 Å². The summed E-state index contributed by atoms with van der Waals surface area (Å²) in [4.78, 5) is 11.8. The Bertz CT molecular complexity index is 764. The fraction of sp³-hybridized carbons (Fsp3) is 0.278. The molecule has 2 aromatic rings. The van der Waals surface area contributed by atoms with Crippen LogP contribution >= 0.6 is 0 Å². The molecule has 5 heteroatoms. The number of carboxylic acid groups (broad SMARTS) is 1. The summed E-state index contributed by atoms with van der Waals surface area (Å²) in [7, 11) is 0. The van der Waals surface area contributed by atoms with Crippen molar-refractivity contribution in [1.82, 2.24) is 0 Å². The molecule has 0 amide bonds. The number of halogens is 3. The number of aliphatic carboxylic acids is 1. The van der Waals surface area contributed by atoms with E-state index in [9.17, 15) is 23.1 Å². The zero-order chi connectivity index (χ0) is 16.4. The number of alkyl halides is 3. The number of fused-ring (bicyclic) bond motifs is 1. The summed E-state index contributed by atoms with van der Waals surface area (Å²) in [5.41, 5.74) is -0.153. The van der Waals surface area contributed by atoms with Gasteiger partial charge in [-0.05, 0) is 28.7 Å². The smallest absolute Gasteiger partial charge is 0.405 e. The Labute approximate surface area is 130 Å². The lowest BCUT2D eigenvalue weighted by Gasteiger charge is -2.51. The Morgan fingerprint density at radius 2 is 1.39 bits per heavy atom. The molecule has 5 rings (SSSR count). The van der Waals surface area contributed by atoms with Gasteiger partial charge in [0.25, 0.3) is 0 Å². The Kier molecular flexibility index (Phi) is 2.72. The highest BCUT2D eigenvalue weighted by atomic mass is 19.4. The summed E-state index contributed by atoms with van der Waals surface area (Å²) in [5.74, 6) is -3.52. The molecule has 0 radical (unpaired) electrons. The van der Waals surface area contributed by atoms with Crippen LogP contribution in [0.1, 0.15) is 40.5 Å². The molecule has 0 fully saturated rings. The van der Waals surface area contributed by atoms with Crippen LogP contribution in [0.5, 0.6) is 0 Å². The van der Waals surface area contributed by atoms with Crippen molar-refractivity contribution in [2.24, 2.45) is 5.41 Å². The number of hydrogen-bond acceptors (Lipinski definition) is 1. The third-order valence-corrected chi connectivity index (χ3v) is 5.27. The van der Waals surface area contributed by atoms with E-state index in [2.05, 4.69) is 0 Å². The standard InChI is InChI=1S/C18H13F3O2/c19-18(20,21)17(16(22)23)9-14-10-5-1-3-7-12(10)15(17)13-8-4-2-6-11(13)14/h1-8,14-15H,9H2,(H,22,23). The van der Waals surface area contributed by atoms with E-state index in [0.717, 1.165) is 11.1 Å². The van der Waals surface area contributed by atoms with E-state index in [-0.39, 0.29) is 0 Å². The van der Waals surface area contributed by atoms with Crippen molar-refractivity contribution in [2.45, 2.75) is 24.4 Å². The van der Waals surface area contributed by atoms with Gasteiger partial charge in [0.15, 0.2) is 5.41 Å². The minimum absolute atomic E-state index is 0.440. The van der Waals surface area contributed by atoms with Crippen molar-refractivity contribution < 1.29 is 23.1 Å². The summed E-state index contributed by atoms with van der Waals surface area (Å²) < 4.78 is 41.7. The molecule has 118 valence electrons. The molecule has 0 aliphatic heterocycles. The predicted molar refractivity (Wildman–Crippen MR) is 77.3 cm³/mol. The molecule has 0 saturated heterocycles. The van der Waals surface area contributed by atoms with Crippen molar-refractivity contribution in [3.8, 4) is 0 Å². The van der Waals surface area contributed by atoms with Crippen LogP contribution in [-0.4, -0.2) is 17.3 Å². The van der Waals surface area contributed by atoms with Gasteiger partial charge in [0.05, 0.1) is 0 Å². The summed E-state index contributed by atoms with van der Waals surface area (Å²) in [6, 6.07) is 13.8. The minimum Gasteiger partial charge on any atom is -0.481 e. The molecule has 3 aliphatic rings. The first-order valence-electron chi connectivity index (χ1n) is 7.35. The molecule has 3 aliphatic carbocycles. The van der Waals surface area contributed by atoms with Crippen LogP contribution in [-0.2, 0) is 4.79 Å². The van der Waals surface area contributed by atoms with Crippen molar-refractivity contribution >= 4 is 5.97 Å². The maximum absolute atomic E-state index is 13.9. The van der Waals surface area contributed by atoms with Crippen molar-refractivity contribution in [3.63, 3.8) is 0 Å². The van der Waals surface area contributed by atoms with Crippen LogP contribution in [0.3, 0.4) is 0 Å². The van der Waals surface area contributed by atoms with Gasteiger partial charge in [-0.15, -0.1) is 0 Å². The largest absolute Gasteiger partial charge is 0.481 e. The SMILES string of the molecule is O=C(O)C1(C(F)(F)F)CC2c3ccccc3C1c1ccccc12. The average Bonchev–Trinajstić information content (AvgIpc) is 2.53. The van der Waals surface area contributed by atoms with Gasteiger partial charge < -0.3 is 5.11 Å². The third-order valence-electron chi connectivity index (χ3n) is 5.27. The highest BCUT2D eigenvalue weighted by Gasteiger charge is 2.70. The topological polar surface area (TPSA) is 37.3 Å². The van der Waals surface area contributed by atoms with Gasteiger partial charge in [-0.1, -0.05) is 48.5 Å². The van der Waals surface area contributed by atoms with Gasteiger partial charge in [0.2, 0.25) is 0 Å². The fourth-order valence-corrected chi connectivity index (χ4v) is 4.32. The van der Waals surface area contributed by atoms with Crippen LogP contribution in [0.4, 0.5) is 13.2 Å². The van der Waals surface area contributed by atoms with Crippen molar-refractivity contribution in [3.05, 3.63) is 70.8 Å². The third kappa shape index (κ3) is 1.62. The van der Waals surface area contributed by atoms with E-state index >= 15 is 0 Å². The van der Waals surface area contributed by atoms with E-state index in [0.29, 0.717) is 11.1 Å². The summed E-state index contributed by atoms with van der Waals surface area (Å²) in [6.45, 7) is 0. The maximum atomic E-state index is 13.9. The van der Waals surface area contributed by atoms with E-state index in [1.54, 1.807) is 36.4 Å². The molecule has 0 spiro atoms. The quantitative estimate of drug-likeness (QED) is 0.851. The normalized spacial score (nSPS) is 28.1. The first kappa shape index (κ1) is 14.3. The van der Waals surface area contributed by atoms with E-state index < -0.39 is 35.8 Å². The second-order valence-electron chi connectivity index (χ2n) is 6.22. The molecule has 0 aromatic heterocycles. The summed E-state index contributed by atoms with van der Waals surface area (Å²) in [5, 5.41) is 9.58. The zero-order valence-electron chi connectivity index (χ0n) is 12.0. The van der Waals surface area contributed by atoms with Gasteiger partial charge in [0, 0.05) is 11.8 Å². The Balaban J connectivity index is 2.09. The highest BCUT2D eigenvalue weighted by molar-refractivity contribution is 5.81. The Morgan fingerprint density at radius 1 is 0.957 bits per heavy atom. The molecule has 2 nitrogen and oxygen atoms in total. The van der Waals surface area contributed by atoms with Crippen LogP contribution in [0.2, 0.25) is 0 Å². The first-order valence-corrected chi connectivity index (χ1v) is 7.35. The lowest BCUT2D eigenvalue weighted by Crippen LogP contribution is -2.55. The first-order chi connectivity index (χ1) is 10.9. The maximum Gasteiger partial charge on any atom is 0.405 e.